The summed E-state index contributed by atoms with van der Waals surface area (Å²) in [6, 6.07) is 8.59. The molecule has 1 amide bonds. The van der Waals surface area contributed by atoms with Crippen molar-refractivity contribution in [2.45, 2.75) is 24.8 Å². The second-order valence-corrected chi connectivity index (χ2v) is 9.30. The molecule has 2 heterocycles. The van der Waals surface area contributed by atoms with Crippen LogP contribution in [0.25, 0.3) is 10.2 Å². The number of aryl methyl sites for hydroxylation is 1. The molecule has 0 aliphatic rings. The first-order chi connectivity index (χ1) is 11.4. The monoisotopic (exact) mass is 380 g/mol. The minimum absolute atomic E-state index is 0.273. The summed E-state index contributed by atoms with van der Waals surface area (Å²) in [5, 5.41) is 1.84. The third-order valence-electron chi connectivity index (χ3n) is 3.46. The number of amides is 1. The molecule has 3 rings (SSSR count). The number of hydrogen-bond acceptors (Lipinski definition) is 5. The predicted octanol–water partition coefficient (Wildman–Crippen LogP) is 3.32. The van der Waals surface area contributed by atoms with Crippen molar-refractivity contribution in [2.75, 3.05) is 6.26 Å². The van der Waals surface area contributed by atoms with Crippen LogP contribution in [0.3, 0.4) is 0 Å². The molecule has 5 nitrogen and oxygen atoms in total. The summed E-state index contributed by atoms with van der Waals surface area (Å²) < 4.78 is 26.3. The van der Waals surface area contributed by atoms with E-state index in [0.29, 0.717) is 9.68 Å². The Morgan fingerprint density at radius 1 is 1.29 bits per heavy atom. The Morgan fingerprint density at radius 3 is 2.71 bits per heavy atom. The van der Waals surface area contributed by atoms with E-state index in [1.54, 1.807) is 24.3 Å². The van der Waals surface area contributed by atoms with Gasteiger partial charge in [0.25, 0.3) is 5.91 Å². The molecule has 0 saturated carbocycles. The third kappa shape index (κ3) is 3.35. The number of hydrogen-bond donors (Lipinski definition) is 0. The molecule has 0 spiro atoms. The van der Waals surface area contributed by atoms with Crippen LogP contribution >= 0.6 is 22.7 Å². The highest BCUT2D eigenvalue weighted by molar-refractivity contribution is 7.90. The molecule has 3 aromatic rings. The Balaban J connectivity index is 2.19. The van der Waals surface area contributed by atoms with E-state index in [0.717, 1.165) is 23.2 Å². The molecule has 1 aromatic carbocycles. The maximum Gasteiger partial charge on any atom is 0.289 e. The lowest BCUT2D eigenvalue weighted by Crippen LogP contribution is -2.16. The zero-order chi connectivity index (χ0) is 17.3. The molecule has 0 radical (unpaired) electrons. The van der Waals surface area contributed by atoms with Gasteiger partial charge in [0.15, 0.2) is 14.6 Å². The van der Waals surface area contributed by atoms with Crippen molar-refractivity contribution in [3.05, 3.63) is 45.4 Å². The summed E-state index contributed by atoms with van der Waals surface area (Å²) in [4.78, 5) is 18.0. The first kappa shape index (κ1) is 17.1. The van der Waals surface area contributed by atoms with Crippen LogP contribution in [0.4, 0.5) is 0 Å². The maximum atomic E-state index is 12.3. The van der Waals surface area contributed by atoms with Crippen molar-refractivity contribution >= 4 is 48.6 Å². The fourth-order valence-electron chi connectivity index (χ4n) is 2.35. The van der Waals surface area contributed by atoms with Gasteiger partial charge in [-0.2, -0.15) is 4.99 Å². The zero-order valence-corrected chi connectivity index (χ0v) is 15.7. The lowest BCUT2D eigenvalue weighted by Gasteiger charge is -2.03. The van der Waals surface area contributed by atoms with Crippen LogP contribution in [0.15, 0.2) is 45.6 Å². The van der Waals surface area contributed by atoms with E-state index >= 15 is 0 Å². The lowest BCUT2D eigenvalue weighted by molar-refractivity contribution is 0.100. The lowest BCUT2D eigenvalue weighted by atomic mass is 10.3. The fraction of sp³-hybridized carbons (Fsp3) is 0.250. The fourth-order valence-corrected chi connectivity index (χ4v) is 4.77. The summed E-state index contributed by atoms with van der Waals surface area (Å²) in [5.74, 6) is -0.273. The van der Waals surface area contributed by atoms with E-state index in [9.17, 15) is 13.2 Å². The molecule has 0 N–H and O–H groups in total. The second kappa shape index (κ2) is 6.62. The molecule has 0 atom stereocenters. The zero-order valence-electron chi connectivity index (χ0n) is 13.2. The van der Waals surface area contributed by atoms with Crippen molar-refractivity contribution in [2.24, 2.45) is 4.99 Å². The van der Waals surface area contributed by atoms with E-state index in [1.165, 1.54) is 28.9 Å². The SMILES string of the molecule is CCCn1c(=NC(=O)c2cccs2)sc2cc(S(C)(=O)=O)ccc21. The average Bonchev–Trinajstić information content (AvgIpc) is 3.15. The molecule has 0 fully saturated rings. The number of rotatable bonds is 4. The normalized spacial score (nSPS) is 12.8. The van der Waals surface area contributed by atoms with Crippen LogP contribution in [-0.4, -0.2) is 25.1 Å². The summed E-state index contributed by atoms with van der Waals surface area (Å²) >= 11 is 2.69. The highest BCUT2D eigenvalue weighted by Crippen LogP contribution is 2.22. The molecular weight excluding hydrogens is 364 g/mol. The van der Waals surface area contributed by atoms with E-state index < -0.39 is 9.84 Å². The highest BCUT2D eigenvalue weighted by Gasteiger charge is 2.13. The predicted molar refractivity (Wildman–Crippen MR) is 97.4 cm³/mol. The Hall–Kier alpha value is -1.77. The van der Waals surface area contributed by atoms with Gasteiger partial charge in [0.05, 0.1) is 20.0 Å². The van der Waals surface area contributed by atoms with Gasteiger partial charge >= 0.3 is 0 Å². The van der Waals surface area contributed by atoms with Crippen molar-refractivity contribution in [1.82, 2.24) is 4.57 Å². The smallest absolute Gasteiger partial charge is 0.289 e. The molecular formula is C16H16N2O3S3. The van der Waals surface area contributed by atoms with Gasteiger partial charge in [-0.1, -0.05) is 24.3 Å². The summed E-state index contributed by atoms with van der Waals surface area (Å²) in [5.41, 5.74) is 0.895. The molecule has 0 saturated heterocycles. The van der Waals surface area contributed by atoms with Gasteiger partial charge in [-0.3, -0.25) is 4.79 Å². The third-order valence-corrected chi connectivity index (χ3v) is 6.47. The number of benzene rings is 1. The summed E-state index contributed by atoms with van der Waals surface area (Å²) in [6.45, 7) is 2.76. The highest BCUT2D eigenvalue weighted by atomic mass is 32.2. The number of carbonyl (C=O) groups is 1. The minimum atomic E-state index is -3.27. The quantitative estimate of drug-likeness (QED) is 0.697. The standard InChI is InChI=1S/C16H16N2O3S3/c1-3-8-18-12-7-6-11(24(2,20)21)10-14(12)23-16(18)17-15(19)13-5-4-9-22-13/h4-7,9-10H,3,8H2,1-2H3. The van der Waals surface area contributed by atoms with E-state index in [2.05, 4.69) is 4.99 Å². The molecule has 126 valence electrons. The molecule has 0 bridgehead atoms. The van der Waals surface area contributed by atoms with E-state index in [1.807, 2.05) is 22.9 Å². The van der Waals surface area contributed by atoms with Gasteiger partial charge in [-0.15, -0.1) is 11.3 Å². The Labute approximate surface area is 147 Å². The maximum absolute atomic E-state index is 12.3. The van der Waals surface area contributed by atoms with Crippen LogP contribution in [0.1, 0.15) is 23.0 Å². The van der Waals surface area contributed by atoms with Gasteiger partial charge in [-0.25, -0.2) is 8.42 Å². The molecule has 24 heavy (non-hydrogen) atoms. The molecule has 0 aliphatic carbocycles. The van der Waals surface area contributed by atoms with Crippen molar-refractivity contribution in [3.63, 3.8) is 0 Å². The number of sulfone groups is 1. The van der Waals surface area contributed by atoms with Crippen LogP contribution in [0.2, 0.25) is 0 Å². The van der Waals surface area contributed by atoms with Gasteiger partial charge in [0.1, 0.15) is 0 Å². The van der Waals surface area contributed by atoms with Crippen molar-refractivity contribution in [1.29, 1.82) is 0 Å². The van der Waals surface area contributed by atoms with Crippen LogP contribution in [-0.2, 0) is 16.4 Å². The number of nitrogens with zero attached hydrogens (tertiary/aromatic N) is 2. The van der Waals surface area contributed by atoms with Gasteiger partial charge in [-0.05, 0) is 36.1 Å². The number of carbonyl (C=O) groups excluding carboxylic acids is 1. The molecule has 8 heteroatoms. The Kier molecular flexibility index (Phi) is 4.71. The minimum Gasteiger partial charge on any atom is -0.316 e. The number of thiophene rings is 1. The van der Waals surface area contributed by atoms with E-state index in [4.69, 9.17) is 0 Å². The molecule has 0 aliphatic heterocycles. The first-order valence-corrected chi connectivity index (χ1v) is 10.9. The molecule has 0 unspecified atom stereocenters. The van der Waals surface area contributed by atoms with Crippen LogP contribution in [0, 0.1) is 0 Å². The van der Waals surface area contributed by atoms with Crippen LogP contribution < -0.4 is 4.80 Å². The van der Waals surface area contributed by atoms with Crippen LogP contribution in [0.5, 0.6) is 0 Å². The van der Waals surface area contributed by atoms with E-state index in [-0.39, 0.29) is 10.8 Å². The Morgan fingerprint density at radius 2 is 2.08 bits per heavy atom. The number of aromatic nitrogens is 1. The topological polar surface area (TPSA) is 68.5 Å². The number of fused-ring (bicyclic) bond motifs is 1. The second-order valence-electron chi connectivity index (χ2n) is 5.33. The van der Waals surface area contributed by atoms with Gasteiger partial charge in [0.2, 0.25) is 0 Å². The van der Waals surface area contributed by atoms with Crippen molar-refractivity contribution < 1.29 is 13.2 Å². The molecule has 2 aromatic heterocycles. The van der Waals surface area contributed by atoms with Gasteiger partial charge in [0, 0.05) is 12.8 Å². The van der Waals surface area contributed by atoms with Gasteiger partial charge < -0.3 is 4.57 Å². The first-order valence-electron chi connectivity index (χ1n) is 7.36. The summed E-state index contributed by atoms with van der Waals surface area (Å²) in [7, 11) is -3.27. The largest absolute Gasteiger partial charge is 0.316 e. The Bertz CT molecular complexity index is 1060. The van der Waals surface area contributed by atoms with Crippen molar-refractivity contribution in [3.8, 4) is 0 Å². The average molecular weight is 381 g/mol. The number of thiazole rings is 1. The summed E-state index contributed by atoms with van der Waals surface area (Å²) in [6.07, 6.45) is 2.08.